The summed E-state index contributed by atoms with van der Waals surface area (Å²) in [5.41, 5.74) is 7.52. The van der Waals surface area contributed by atoms with E-state index in [1.807, 2.05) is 0 Å². The third kappa shape index (κ3) is 2.08. The number of rotatable bonds is 2. The maximum Gasteiger partial charge on any atom is 0.231 e. The molecule has 5 nitrogen and oxygen atoms in total. The van der Waals surface area contributed by atoms with Gasteiger partial charge in [0.1, 0.15) is 0 Å². The molecule has 1 N–H and O–H groups in total. The van der Waals surface area contributed by atoms with E-state index in [1.165, 1.54) is 33.5 Å². The van der Waals surface area contributed by atoms with Crippen LogP contribution in [0.5, 0.6) is 23.0 Å². The topological polar surface area (TPSA) is 49.0 Å². The molecule has 5 heteroatoms. The molecule has 2 aliphatic heterocycles. The summed E-state index contributed by atoms with van der Waals surface area (Å²) in [6.45, 7) is 1.07. The second-order valence-corrected chi connectivity index (χ2v) is 6.43. The van der Waals surface area contributed by atoms with Gasteiger partial charge in [-0.25, -0.2) is 0 Å². The van der Waals surface area contributed by atoms with E-state index in [0.29, 0.717) is 6.79 Å². The summed E-state index contributed by atoms with van der Waals surface area (Å²) in [7, 11) is 3.35. The number of hydrogen-bond acceptors (Lipinski definition) is 5. The Morgan fingerprint density at radius 2 is 1.60 bits per heavy atom. The Morgan fingerprint density at radius 1 is 0.840 bits per heavy atom. The molecule has 0 radical (unpaired) electrons. The maximum atomic E-state index is 5.57. The lowest BCUT2D eigenvalue weighted by Crippen LogP contribution is -2.23. The third-order valence-corrected chi connectivity index (χ3v) is 5.20. The molecule has 25 heavy (non-hydrogen) atoms. The number of nitrogens with one attached hydrogen (secondary N) is 1. The highest BCUT2D eigenvalue weighted by Crippen LogP contribution is 2.46. The fraction of sp³-hybridized carbons (Fsp3) is 0.300. The van der Waals surface area contributed by atoms with Gasteiger partial charge in [0.2, 0.25) is 6.79 Å². The van der Waals surface area contributed by atoms with E-state index in [0.717, 1.165) is 42.4 Å². The normalized spacial score (nSPS) is 16.6. The predicted octanol–water partition coefficient (Wildman–Crippen LogP) is 3.35. The van der Waals surface area contributed by atoms with Crippen molar-refractivity contribution in [1.82, 2.24) is 5.32 Å². The summed E-state index contributed by atoms with van der Waals surface area (Å²) < 4.78 is 22.0. The Labute approximate surface area is 146 Å². The zero-order valence-corrected chi connectivity index (χ0v) is 14.3. The fourth-order valence-corrected chi connectivity index (χ4v) is 3.97. The molecule has 0 fully saturated rings. The van der Waals surface area contributed by atoms with Gasteiger partial charge in [-0.3, -0.25) is 0 Å². The number of hydrogen-bond donors (Lipinski definition) is 1. The van der Waals surface area contributed by atoms with Crippen molar-refractivity contribution in [2.75, 3.05) is 21.0 Å². The molecular formula is C20H19NO4. The van der Waals surface area contributed by atoms with Crippen LogP contribution in [0.1, 0.15) is 28.7 Å². The van der Waals surface area contributed by atoms with E-state index in [1.54, 1.807) is 14.2 Å². The van der Waals surface area contributed by atoms with Crippen molar-refractivity contribution in [3.8, 4) is 23.0 Å². The Bertz CT molecular complexity index is 916. The van der Waals surface area contributed by atoms with Crippen molar-refractivity contribution in [3.05, 3.63) is 46.5 Å². The van der Waals surface area contributed by atoms with Crippen LogP contribution in [0.3, 0.4) is 0 Å². The number of benzene rings is 2. The smallest absolute Gasteiger partial charge is 0.231 e. The average molecular weight is 337 g/mol. The molecule has 5 rings (SSSR count). The zero-order chi connectivity index (χ0) is 17.0. The van der Waals surface area contributed by atoms with Crippen LogP contribution in [0, 0.1) is 0 Å². The van der Waals surface area contributed by atoms with Crippen LogP contribution < -0.4 is 24.3 Å². The van der Waals surface area contributed by atoms with Crippen molar-refractivity contribution >= 4 is 11.3 Å². The molecule has 128 valence electrons. The number of allylic oxidation sites excluding steroid dienone is 1. The number of fused-ring (bicyclic) bond motifs is 5. The predicted molar refractivity (Wildman–Crippen MR) is 94.1 cm³/mol. The fourth-order valence-electron chi connectivity index (χ4n) is 3.97. The largest absolute Gasteiger partial charge is 0.493 e. The summed E-state index contributed by atoms with van der Waals surface area (Å²) in [4.78, 5) is 0. The minimum Gasteiger partial charge on any atom is -0.493 e. The Morgan fingerprint density at radius 3 is 2.40 bits per heavy atom. The van der Waals surface area contributed by atoms with Gasteiger partial charge in [-0.1, -0.05) is 0 Å². The SMILES string of the molecule is COc1cc2c(cc1OC)C1=C(NC2)c2cc3c(cc2CC1)OCO3. The van der Waals surface area contributed by atoms with E-state index in [4.69, 9.17) is 18.9 Å². The molecule has 0 amide bonds. The van der Waals surface area contributed by atoms with Gasteiger partial charge in [-0.2, -0.15) is 0 Å². The lowest BCUT2D eigenvalue weighted by atomic mass is 9.82. The van der Waals surface area contributed by atoms with Crippen LogP contribution in [0.2, 0.25) is 0 Å². The second-order valence-electron chi connectivity index (χ2n) is 6.43. The van der Waals surface area contributed by atoms with Gasteiger partial charge >= 0.3 is 0 Å². The van der Waals surface area contributed by atoms with Gasteiger partial charge in [-0.15, -0.1) is 0 Å². The van der Waals surface area contributed by atoms with Gasteiger partial charge in [0, 0.05) is 17.8 Å². The van der Waals surface area contributed by atoms with Crippen molar-refractivity contribution in [2.45, 2.75) is 19.4 Å². The molecule has 0 saturated heterocycles. The van der Waals surface area contributed by atoms with E-state index in [9.17, 15) is 0 Å². The first-order valence-corrected chi connectivity index (χ1v) is 8.43. The first-order chi connectivity index (χ1) is 12.3. The highest BCUT2D eigenvalue weighted by atomic mass is 16.7. The van der Waals surface area contributed by atoms with E-state index >= 15 is 0 Å². The lowest BCUT2D eigenvalue weighted by molar-refractivity contribution is 0.174. The summed E-state index contributed by atoms with van der Waals surface area (Å²) in [5.74, 6) is 3.22. The molecule has 2 aromatic rings. The van der Waals surface area contributed by atoms with Crippen LogP contribution in [-0.4, -0.2) is 21.0 Å². The van der Waals surface area contributed by atoms with Crippen LogP contribution in [0.4, 0.5) is 0 Å². The van der Waals surface area contributed by atoms with Gasteiger partial charge in [0.05, 0.1) is 14.2 Å². The van der Waals surface area contributed by atoms with Gasteiger partial charge in [0.15, 0.2) is 23.0 Å². The van der Waals surface area contributed by atoms with Crippen molar-refractivity contribution in [3.63, 3.8) is 0 Å². The average Bonchev–Trinajstić information content (AvgIpc) is 3.11. The summed E-state index contributed by atoms with van der Waals surface area (Å²) >= 11 is 0. The van der Waals surface area contributed by atoms with Gasteiger partial charge in [-0.05, 0) is 59.4 Å². The molecular weight excluding hydrogens is 318 g/mol. The molecule has 0 aromatic heterocycles. The van der Waals surface area contributed by atoms with Crippen LogP contribution in [0.15, 0.2) is 24.3 Å². The minimum absolute atomic E-state index is 0.303. The minimum atomic E-state index is 0.303. The lowest BCUT2D eigenvalue weighted by Gasteiger charge is -2.31. The van der Waals surface area contributed by atoms with Crippen molar-refractivity contribution < 1.29 is 18.9 Å². The van der Waals surface area contributed by atoms with Crippen molar-refractivity contribution in [1.29, 1.82) is 0 Å². The first-order valence-electron chi connectivity index (χ1n) is 8.43. The highest BCUT2D eigenvalue weighted by molar-refractivity contribution is 5.95. The standard InChI is InChI=1S/C20H19NO4/c1-22-16-6-12-9-21-20-13(14(12)7-17(16)23-2)4-3-11-5-18-19(8-15(11)20)25-10-24-18/h5-8,21H,3-4,9-10H2,1-2H3. The second kappa shape index (κ2) is 5.34. The zero-order valence-electron chi connectivity index (χ0n) is 14.3. The molecule has 2 aromatic carbocycles. The van der Waals surface area contributed by atoms with Crippen LogP contribution in [0.25, 0.3) is 11.3 Å². The molecule has 2 heterocycles. The Hall–Kier alpha value is -2.82. The van der Waals surface area contributed by atoms with Crippen LogP contribution in [-0.2, 0) is 13.0 Å². The number of methoxy groups -OCH3 is 2. The summed E-state index contributed by atoms with van der Waals surface area (Å²) in [6, 6.07) is 8.39. The summed E-state index contributed by atoms with van der Waals surface area (Å²) in [5, 5.41) is 3.60. The molecule has 0 spiro atoms. The molecule has 0 atom stereocenters. The van der Waals surface area contributed by atoms with E-state index in [2.05, 4.69) is 29.6 Å². The first kappa shape index (κ1) is 14.5. The van der Waals surface area contributed by atoms with Crippen molar-refractivity contribution in [2.24, 2.45) is 0 Å². The molecule has 0 bridgehead atoms. The quantitative estimate of drug-likeness (QED) is 0.911. The molecule has 0 unspecified atom stereocenters. The van der Waals surface area contributed by atoms with E-state index in [-0.39, 0.29) is 0 Å². The van der Waals surface area contributed by atoms with E-state index < -0.39 is 0 Å². The number of aryl methyl sites for hydroxylation is 1. The summed E-state index contributed by atoms with van der Waals surface area (Å²) in [6.07, 6.45) is 1.97. The third-order valence-electron chi connectivity index (χ3n) is 5.20. The Balaban J connectivity index is 1.68. The highest BCUT2D eigenvalue weighted by Gasteiger charge is 2.29. The Kier molecular flexibility index (Phi) is 3.10. The maximum absolute atomic E-state index is 5.57. The molecule has 3 aliphatic rings. The van der Waals surface area contributed by atoms with Gasteiger partial charge in [0.25, 0.3) is 0 Å². The molecule has 1 aliphatic carbocycles. The molecule has 0 saturated carbocycles. The number of ether oxygens (including phenoxy) is 4. The monoisotopic (exact) mass is 337 g/mol. The van der Waals surface area contributed by atoms with Crippen LogP contribution >= 0.6 is 0 Å². The van der Waals surface area contributed by atoms with Gasteiger partial charge < -0.3 is 24.3 Å².